The van der Waals surface area contributed by atoms with Crippen LogP contribution in [0, 0.1) is 11.8 Å². The van der Waals surface area contributed by atoms with E-state index in [1.165, 1.54) is 6.42 Å². The molecule has 2 saturated carbocycles. The lowest BCUT2D eigenvalue weighted by Crippen LogP contribution is -2.52. The van der Waals surface area contributed by atoms with Gasteiger partial charge in [-0.2, -0.15) is 0 Å². The Morgan fingerprint density at radius 2 is 1.83 bits per heavy atom. The van der Waals surface area contributed by atoms with Crippen molar-refractivity contribution in [1.29, 1.82) is 0 Å². The highest BCUT2D eigenvalue weighted by Gasteiger charge is 2.34. The molecule has 0 aromatic heterocycles. The summed E-state index contributed by atoms with van der Waals surface area (Å²) in [5, 5.41) is 0. The second-order valence-corrected chi connectivity index (χ2v) is 7.46. The van der Waals surface area contributed by atoms with Gasteiger partial charge in [0.1, 0.15) is 5.75 Å². The number of nitrogens with two attached hydrogens (primary N) is 1. The van der Waals surface area contributed by atoms with Crippen LogP contribution in [0.1, 0.15) is 44.9 Å². The molecule has 3 rings (SSSR count). The molecular formula is C20H30N2O2. The summed E-state index contributed by atoms with van der Waals surface area (Å²) in [4.78, 5) is 14.4. The number of para-hydroxylation sites is 1. The second kappa shape index (κ2) is 8.02. The van der Waals surface area contributed by atoms with E-state index in [0.717, 1.165) is 50.9 Å². The van der Waals surface area contributed by atoms with E-state index in [-0.39, 0.29) is 11.9 Å². The van der Waals surface area contributed by atoms with E-state index in [9.17, 15) is 4.79 Å². The van der Waals surface area contributed by atoms with E-state index in [0.29, 0.717) is 17.9 Å². The molecule has 2 N–H and O–H groups in total. The van der Waals surface area contributed by atoms with E-state index in [1.54, 1.807) is 0 Å². The van der Waals surface area contributed by atoms with Gasteiger partial charge >= 0.3 is 0 Å². The van der Waals surface area contributed by atoms with Crippen molar-refractivity contribution in [2.75, 3.05) is 13.7 Å². The molecule has 4 heteroatoms. The van der Waals surface area contributed by atoms with Crippen molar-refractivity contribution in [3.05, 3.63) is 30.3 Å². The van der Waals surface area contributed by atoms with Crippen LogP contribution in [0.2, 0.25) is 0 Å². The molecule has 0 saturated heterocycles. The predicted octanol–water partition coefficient (Wildman–Crippen LogP) is 3.21. The number of benzene rings is 1. The number of hydrogen-bond acceptors (Lipinski definition) is 3. The molecule has 0 aliphatic heterocycles. The van der Waals surface area contributed by atoms with Crippen LogP contribution in [0.4, 0.5) is 0 Å². The molecule has 0 radical (unpaired) electrons. The summed E-state index contributed by atoms with van der Waals surface area (Å²) >= 11 is 0. The Kier molecular flexibility index (Phi) is 5.77. The molecule has 4 nitrogen and oxygen atoms in total. The minimum atomic E-state index is -0.327. The number of hydrogen-bond donors (Lipinski definition) is 1. The van der Waals surface area contributed by atoms with Crippen molar-refractivity contribution in [3.8, 4) is 5.75 Å². The maximum Gasteiger partial charge on any atom is 0.239 e. The lowest BCUT2D eigenvalue weighted by molar-refractivity contribution is -0.136. The molecule has 1 unspecified atom stereocenters. The average molecular weight is 330 g/mol. The monoisotopic (exact) mass is 330 g/mol. The third-order valence-electron chi connectivity index (χ3n) is 5.88. The van der Waals surface area contributed by atoms with Gasteiger partial charge in [-0.3, -0.25) is 4.79 Å². The van der Waals surface area contributed by atoms with Crippen LogP contribution in [-0.2, 0) is 4.79 Å². The highest BCUT2D eigenvalue weighted by Crippen LogP contribution is 2.32. The van der Waals surface area contributed by atoms with Crippen LogP contribution in [0.25, 0.3) is 0 Å². The summed E-state index contributed by atoms with van der Waals surface area (Å²) in [6.07, 6.45) is 7.79. The van der Waals surface area contributed by atoms with Gasteiger partial charge in [0.2, 0.25) is 5.91 Å². The van der Waals surface area contributed by atoms with E-state index in [1.807, 2.05) is 42.3 Å². The van der Waals surface area contributed by atoms with Crippen LogP contribution >= 0.6 is 0 Å². The number of amides is 1. The Morgan fingerprint density at radius 1 is 1.17 bits per heavy atom. The van der Waals surface area contributed by atoms with Crippen molar-refractivity contribution in [3.63, 3.8) is 0 Å². The predicted molar refractivity (Wildman–Crippen MR) is 95.8 cm³/mol. The largest absolute Gasteiger partial charge is 0.493 e. The molecule has 2 aliphatic carbocycles. The van der Waals surface area contributed by atoms with Crippen LogP contribution in [0.3, 0.4) is 0 Å². The topological polar surface area (TPSA) is 55.6 Å². The smallest absolute Gasteiger partial charge is 0.239 e. The molecule has 1 atom stereocenters. The fraction of sp³-hybridized carbons (Fsp3) is 0.650. The van der Waals surface area contributed by atoms with Crippen LogP contribution < -0.4 is 10.5 Å². The van der Waals surface area contributed by atoms with Gasteiger partial charge in [-0.1, -0.05) is 18.2 Å². The molecule has 0 bridgehead atoms. The molecule has 1 aromatic carbocycles. The molecule has 24 heavy (non-hydrogen) atoms. The van der Waals surface area contributed by atoms with Crippen LogP contribution in [0.15, 0.2) is 30.3 Å². The molecule has 0 spiro atoms. The molecule has 0 heterocycles. The molecule has 2 fully saturated rings. The molecule has 132 valence electrons. The Hall–Kier alpha value is -1.55. The van der Waals surface area contributed by atoms with Crippen LogP contribution in [0.5, 0.6) is 5.75 Å². The maximum absolute atomic E-state index is 12.5. The van der Waals surface area contributed by atoms with E-state index in [2.05, 4.69) is 0 Å². The normalized spacial score (nSPS) is 25.6. The Bertz CT molecular complexity index is 522. The number of likely N-dealkylation sites (N-methyl/N-ethyl adjacent to an activating group) is 1. The first-order valence-electron chi connectivity index (χ1n) is 9.35. The summed E-state index contributed by atoms with van der Waals surface area (Å²) in [7, 11) is 1.92. The zero-order valence-corrected chi connectivity index (χ0v) is 14.7. The van der Waals surface area contributed by atoms with Gasteiger partial charge in [-0.15, -0.1) is 0 Å². The van der Waals surface area contributed by atoms with Crippen molar-refractivity contribution < 1.29 is 9.53 Å². The molecular weight excluding hydrogens is 300 g/mol. The Morgan fingerprint density at radius 3 is 2.42 bits per heavy atom. The van der Waals surface area contributed by atoms with Gasteiger partial charge in [0, 0.05) is 13.1 Å². The second-order valence-electron chi connectivity index (χ2n) is 7.46. The average Bonchev–Trinajstić information content (AvgIpc) is 2.58. The minimum Gasteiger partial charge on any atom is -0.493 e. The zero-order chi connectivity index (χ0) is 16.9. The van der Waals surface area contributed by atoms with E-state index < -0.39 is 0 Å². The summed E-state index contributed by atoms with van der Waals surface area (Å²) in [5.41, 5.74) is 6.30. The van der Waals surface area contributed by atoms with Gasteiger partial charge < -0.3 is 15.4 Å². The quantitative estimate of drug-likeness (QED) is 0.871. The number of ether oxygens (including phenoxy) is 1. The van der Waals surface area contributed by atoms with Gasteiger partial charge in [-0.25, -0.2) is 0 Å². The highest BCUT2D eigenvalue weighted by molar-refractivity contribution is 5.82. The molecule has 1 amide bonds. The standard InChI is InChI=1S/C20H30N2O2/c1-22(17-6-5-7-17)20(23)19(21)16-12-10-15(11-13-16)14-24-18-8-3-2-4-9-18/h2-4,8-9,15-17,19H,5-7,10-14,21H2,1H3. The number of nitrogens with zero attached hydrogens (tertiary/aromatic N) is 1. The van der Waals surface area contributed by atoms with Gasteiger partial charge in [0.05, 0.1) is 12.6 Å². The van der Waals surface area contributed by atoms with Crippen molar-refractivity contribution in [1.82, 2.24) is 4.90 Å². The van der Waals surface area contributed by atoms with Gasteiger partial charge in [0.25, 0.3) is 0 Å². The summed E-state index contributed by atoms with van der Waals surface area (Å²) in [6, 6.07) is 10.1. The minimum absolute atomic E-state index is 0.142. The Balaban J connectivity index is 1.41. The van der Waals surface area contributed by atoms with Crippen molar-refractivity contribution >= 4 is 5.91 Å². The number of carbonyl (C=O) groups excluding carboxylic acids is 1. The number of carbonyl (C=O) groups is 1. The first kappa shape index (κ1) is 17.3. The first-order valence-corrected chi connectivity index (χ1v) is 9.35. The third kappa shape index (κ3) is 4.10. The lowest BCUT2D eigenvalue weighted by Gasteiger charge is -2.38. The number of rotatable bonds is 6. The fourth-order valence-corrected chi connectivity index (χ4v) is 3.84. The fourth-order valence-electron chi connectivity index (χ4n) is 3.84. The van der Waals surface area contributed by atoms with E-state index >= 15 is 0 Å². The van der Waals surface area contributed by atoms with Crippen molar-refractivity contribution in [2.24, 2.45) is 17.6 Å². The maximum atomic E-state index is 12.5. The molecule has 2 aliphatic rings. The highest BCUT2D eigenvalue weighted by atomic mass is 16.5. The SMILES string of the molecule is CN(C(=O)C(N)C1CCC(COc2ccccc2)CC1)C1CCC1. The van der Waals surface area contributed by atoms with Crippen molar-refractivity contribution in [2.45, 2.75) is 57.0 Å². The third-order valence-corrected chi connectivity index (χ3v) is 5.88. The summed E-state index contributed by atoms with van der Waals surface area (Å²) in [6.45, 7) is 0.766. The summed E-state index contributed by atoms with van der Waals surface area (Å²) in [5.74, 6) is 1.98. The van der Waals surface area contributed by atoms with Gasteiger partial charge in [-0.05, 0) is 68.9 Å². The van der Waals surface area contributed by atoms with E-state index in [4.69, 9.17) is 10.5 Å². The van der Waals surface area contributed by atoms with Crippen LogP contribution in [-0.4, -0.2) is 36.5 Å². The lowest BCUT2D eigenvalue weighted by atomic mass is 9.78. The zero-order valence-electron chi connectivity index (χ0n) is 14.7. The first-order chi connectivity index (χ1) is 11.6. The Labute approximate surface area is 145 Å². The molecule has 1 aromatic rings. The van der Waals surface area contributed by atoms with Gasteiger partial charge in [0.15, 0.2) is 0 Å². The summed E-state index contributed by atoms with van der Waals surface area (Å²) < 4.78 is 5.87.